The lowest BCUT2D eigenvalue weighted by atomic mass is 10.1. The van der Waals surface area contributed by atoms with E-state index >= 15 is 0 Å². The van der Waals surface area contributed by atoms with Gasteiger partial charge in [-0.15, -0.1) is 11.3 Å². The Morgan fingerprint density at radius 1 is 1.40 bits per heavy atom. The van der Waals surface area contributed by atoms with Crippen molar-refractivity contribution in [2.75, 3.05) is 12.4 Å². The minimum Gasteiger partial charge on any atom is -0.469 e. The van der Waals surface area contributed by atoms with E-state index in [1.807, 2.05) is 23.6 Å². The summed E-state index contributed by atoms with van der Waals surface area (Å²) in [4.78, 5) is 15.6. The summed E-state index contributed by atoms with van der Waals surface area (Å²) < 4.78 is 4.64. The van der Waals surface area contributed by atoms with Crippen LogP contribution in [0.4, 0.5) is 10.8 Å². The Morgan fingerprint density at radius 3 is 2.95 bits per heavy atom. The molecule has 5 heteroatoms. The maximum atomic E-state index is 11.2. The molecule has 0 atom stereocenters. The Bertz CT molecular complexity index is 581. The highest BCUT2D eigenvalue weighted by atomic mass is 32.1. The number of methoxy groups -OCH3 is 1. The van der Waals surface area contributed by atoms with E-state index in [0.717, 1.165) is 29.4 Å². The van der Waals surface area contributed by atoms with Gasteiger partial charge in [-0.1, -0.05) is 31.5 Å². The second kappa shape index (κ2) is 7.05. The molecule has 0 aliphatic heterocycles. The smallest absolute Gasteiger partial charge is 0.311 e. The molecule has 0 aliphatic carbocycles. The standard InChI is InChI=1S/C15H18N2O2S/c1-3-6-11-7-4-5-8-13(11)17-15-16-12(10-20-15)9-14(18)19-2/h4-5,7-8,10H,3,6,9H2,1-2H3,(H,16,17). The number of ether oxygens (including phenoxy) is 1. The zero-order chi connectivity index (χ0) is 14.4. The Labute approximate surface area is 122 Å². The van der Waals surface area contributed by atoms with Crippen LogP contribution in [0.1, 0.15) is 24.6 Å². The van der Waals surface area contributed by atoms with E-state index in [4.69, 9.17) is 0 Å². The third-order valence-corrected chi connectivity index (χ3v) is 3.69. The molecule has 0 fully saturated rings. The molecule has 0 saturated carbocycles. The van der Waals surface area contributed by atoms with Gasteiger partial charge < -0.3 is 10.1 Å². The van der Waals surface area contributed by atoms with Gasteiger partial charge in [0.1, 0.15) is 0 Å². The highest BCUT2D eigenvalue weighted by molar-refractivity contribution is 7.13. The lowest BCUT2D eigenvalue weighted by Gasteiger charge is -2.08. The number of aromatic nitrogens is 1. The molecule has 1 aromatic carbocycles. The average Bonchev–Trinajstić information content (AvgIpc) is 2.88. The van der Waals surface area contributed by atoms with Crippen LogP contribution in [0.25, 0.3) is 0 Å². The maximum Gasteiger partial charge on any atom is 0.311 e. The molecule has 0 bridgehead atoms. The number of nitrogens with zero attached hydrogens (tertiary/aromatic N) is 1. The van der Waals surface area contributed by atoms with Gasteiger partial charge in [-0.25, -0.2) is 4.98 Å². The van der Waals surface area contributed by atoms with Crippen LogP contribution >= 0.6 is 11.3 Å². The number of carbonyl (C=O) groups excluding carboxylic acids is 1. The van der Waals surface area contributed by atoms with Crippen LogP contribution in [-0.2, 0) is 22.4 Å². The summed E-state index contributed by atoms with van der Waals surface area (Å²) in [6.45, 7) is 2.16. The van der Waals surface area contributed by atoms with Crippen molar-refractivity contribution in [3.63, 3.8) is 0 Å². The predicted octanol–water partition coefficient (Wildman–Crippen LogP) is 3.55. The number of thiazole rings is 1. The summed E-state index contributed by atoms with van der Waals surface area (Å²) in [6, 6.07) is 8.21. The first-order valence-corrected chi connectivity index (χ1v) is 7.47. The zero-order valence-corrected chi connectivity index (χ0v) is 12.5. The van der Waals surface area contributed by atoms with Gasteiger partial charge in [0.05, 0.1) is 19.2 Å². The Morgan fingerprint density at radius 2 is 2.20 bits per heavy atom. The van der Waals surface area contributed by atoms with E-state index in [1.165, 1.54) is 24.0 Å². The molecular formula is C15H18N2O2S. The number of carbonyl (C=O) groups is 1. The van der Waals surface area contributed by atoms with Crippen molar-refractivity contribution >= 4 is 28.1 Å². The molecule has 1 N–H and O–H groups in total. The number of hydrogen-bond donors (Lipinski definition) is 1. The van der Waals surface area contributed by atoms with Crippen LogP contribution < -0.4 is 5.32 Å². The van der Waals surface area contributed by atoms with E-state index in [1.54, 1.807) is 0 Å². The van der Waals surface area contributed by atoms with Gasteiger partial charge in [0.15, 0.2) is 5.13 Å². The molecule has 0 spiro atoms. The first-order chi connectivity index (χ1) is 9.72. The van der Waals surface area contributed by atoms with Crippen LogP contribution in [0, 0.1) is 0 Å². The zero-order valence-electron chi connectivity index (χ0n) is 11.7. The molecule has 2 rings (SSSR count). The largest absolute Gasteiger partial charge is 0.469 e. The van der Waals surface area contributed by atoms with E-state index < -0.39 is 0 Å². The van der Waals surface area contributed by atoms with Gasteiger partial charge in [0.2, 0.25) is 0 Å². The van der Waals surface area contributed by atoms with Crippen molar-refractivity contribution in [1.29, 1.82) is 0 Å². The summed E-state index contributed by atoms with van der Waals surface area (Å²) in [6.07, 6.45) is 2.35. The number of aryl methyl sites for hydroxylation is 1. The summed E-state index contributed by atoms with van der Waals surface area (Å²) in [5, 5.41) is 6.00. The van der Waals surface area contributed by atoms with Gasteiger partial charge in [-0.3, -0.25) is 4.79 Å². The van der Waals surface area contributed by atoms with E-state index in [2.05, 4.69) is 28.0 Å². The Hall–Kier alpha value is -1.88. The predicted molar refractivity (Wildman–Crippen MR) is 81.6 cm³/mol. The monoisotopic (exact) mass is 290 g/mol. The molecular weight excluding hydrogens is 272 g/mol. The van der Waals surface area contributed by atoms with E-state index in [-0.39, 0.29) is 12.4 Å². The lowest BCUT2D eigenvalue weighted by Crippen LogP contribution is -2.04. The van der Waals surface area contributed by atoms with Crippen molar-refractivity contribution in [3.8, 4) is 0 Å². The molecule has 106 valence electrons. The third kappa shape index (κ3) is 3.81. The normalized spacial score (nSPS) is 10.3. The molecule has 0 amide bonds. The molecule has 2 aromatic rings. The number of hydrogen-bond acceptors (Lipinski definition) is 5. The van der Waals surface area contributed by atoms with Crippen LogP contribution in [-0.4, -0.2) is 18.1 Å². The highest BCUT2D eigenvalue weighted by Crippen LogP contribution is 2.24. The SMILES string of the molecule is CCCc1ccccc1Nc1nc(CC(=O)OC)cs1. The van der Waals surface area contributed by atoms with Crippen LogP contribution in [0.3, 0.4) is 0 Å². The van der Waals surface area contributed by atoms with Crippen molar-refractivity contribution in [1.82, 2.24) is 4.98 Å². The minimum atomic E-state index is -0.270. The average molecular weight is 290 g/mol. The molecule has 20 heavy (non-hydrogen) atoms. The molecule has 4 nitrogen and oxygen atoms in total. The second-order valence-corrected chi connectivity index (χ2v) is 5.29. The molecule has 0 aliphatic rings. The van der Waals surface area contributed by atoms with Crippen molar-refractivity contribution in [2.45, 2.75) is 26.2 Å². The van der Waals surface area contributed by atoms with Crippen LogP contribution in [0.2, 0.25) is 0 Å². The quantitative estimate of drug-likeness (QED) is 0.827. The molecule has 1 aromatic heterocycles. The first kappa shape index (κ1) is 14.5. The Kier molecular flexibility index (Phi) is 5.12. The van der Waals surface area contributed by atoms with Gasteiger partial charge >= 0.3 is 5.97 Å². The topological polar surface area (TPSA) is 51.2 Å². The number of nitrogens with one attached hydrogen (secondary N) is 1. The molecule has 0 saturated heterocycles. The van der Waals surface area contributed by atoms with Crippen molar-refractivity contribution in [3.05, 3.63) is 40.9 Å². The van der Waals surface area contributed by atoms with E-state index in [9.17, 15) is 4.79 Å². The van der Waals surface area contributed by atoms with Gasteiger partial charge in [0, 0.05) is 11.1 Å². The Balaban J connectivity index is 2.08. The fraction of sp³-hybridized carbons (Fsp3) is 0.333. The van der Waals surface area contributed by atoms with Crippen molar-refractivity contribution < 1.29 is 9.53 Å². The third-order valence-electron chi connectivity index (χ3n) is 2.88. The fourth-order valence-corrected chi connectivity index (χ4v) is 2.63. The second-order valence-electron chi connectivity index (χ2n) is 4.43. The number of benzene rings is 1. The van der Waals surface area contributed by atoms with Gasteiger partial charge in [0.25, 0.3) is 0 Å². The van der Waals surface area contributed by atoms with Crippen LogP contribution in [0.15, 0.2) is 29.6 Å². The molecule has 0 unspecified atom stereocenters. The summed E-state index contributed by atoms with van der Waals surface area (Å²) >= 11 is 1.49. The summed E-state index contributed by atoms with van der Waals surface area (Å²) in [5.41, 5.74) is 3.09. The van der Waals surface area contributed by atoms with Gasteiger partial charge in [-0.05, 0) is 18.1 Å². The van der Waals surface area contributed by atoms with Gasteiger partial charge in [-0.2, -0.15) is 0 Å². The summed E-state index contributed by atoms with van der Waals surface area (Å²) in [5.74, 6) is -0.270. The molecule has 0 radical (unpaired) electrons. The fourth-order valence-electron chi connectivity index (χ4n) is 1.91. The summed E-state index contributed by atoms with van der Waals surface area (Å²) in [7, 11) is 1.38. The minimum absolute atomic E-state index is 0.214. The number of anilines is 2. The van der Waals surface area contributed by atoms with Crippen LogP contribution in [0.5, 0.6) is 0 Å². The number of esters is 1. The highest BCUT2D eigenvalue weighted by Gasteiger charge is 2.09. The lowest BCUT2D eigenvalue weighted by molar-refractivity contribution is -0.139. The first-order valence-electron chi connectivity index (χ1n) is 6.59. The maximum absolute atomic E-state index is 11.2. The van der Waals surface area contributed by atoms with E-state index in [0.29, 0.717) is 0 Å². The molecule has 1 heterocycles. The number of rotatable bonds is 6. The van der Waals surface area contributed by atoms with Crippen molar-refractivity contribution in [2.24, 2.45) is 0 Å². The number of para-hydroxylation sites is 1.